The second-order valence-corrected chi connectivity index (χ2v) is 5.42. The van der Waals surface area contributed by atoms with Gasteiger partial charge in [-0.1, -0.05) is 30.3 Å². The van der Waals surface area contributed by atoms with Crippen LogP contribution in [0.25, 0.3) is 33.0 Å². The highest BCUT2D eigenvalue weighted by molar-refractivity contribution is 6.06. The summed E-state index contributed by atoms with van der Waals surface area (Å²) in [7, 11) is 1.42. The van der Waals surface area contributed by atoms with E-state index in [0.29, 0.717) is 22.2 Å². The predicted molar refractivity (Wildman–Crippen MR) is 92.6 cm³/mol. The van der Waals surface area contributed by atoms with Crippen molar-refractivity contribution in [2.75, 3.05) is 7.11 Å². The first kappa shape index (κ1) is 14.3. The highest BCUT2D eigenvalue weighted by atomic mass is 16.5. The Balaban J connectivity index is 2.06. The fourth-order valence-electron chi connectivity index (χ4n) is 2.85. The van der Waals surface area contributed by atoms with Gasteiger partial charge in [0.2, 0.25) is 10.9 Å². The molecule has 1 N–H and O–H groups in total. The minimum Gasteiger partial charge on any atom is -0.491 e. The molecule has 2 aromatic heterocycles. The maximum absolute atomic E-state index is 13.0. The third kappa shape index (κ3) is 2.10. The van der Waals surface area contributed by atoms with Gasteiger partial charge in [-0.25, -0.2) is 0 Å². The summed E-state index contributed by atoms with van der Waals surface area (Å²) in [5.74, 6) is 0.189. The Morgan fingerprint density at radius 1 is 1.08 bits per heavy atom. The van der Waals surface area contributed by atoms with Crippen LogP contribution in [0.15, 0.2) is 68.9 Å². The molecule has 0 atom stereocenters. The molecule has 4 rings (SSSR count). The zero-order valence-electron chi connectivity index (χ0n) is 12.8. The van der Waals surface area contributed by atoms with Crippen molar-refractivity contribution in [2.24, 2.45) is 0 Å². The molecule has 4 aromatic rings. The summed E-state index contributed by atoms with van der Waals surface area (Å²) in [5.41, 5.74) is 0.721. The number of pyridine rings is 1. The first-order valence-corrected chi connectivity index (χ1v) is 7.39. The quantitative estimate of drug-likeness (QED) is 0.575. The third-order valence-corrected chi connectivity index (χ3v) is 4.05. The van der Waals surface area contributed by atoms with Crippen LogP contribution in [-0.4, -0.2) is 12.1 Å². The van der Waals surface area contributed by atoms with Gasteiger partial charge in [-0.05, 0) is 16.8 Å². The topological polar surface area (TPSA) is 72.3 Å². The fourth-order valence-corrected chi connectivity index (χ4v) is 2.85. The molecule has 0 unspecified atom stereocenters. The number of fused-ring (bicyclic) bond motifs is 3. The average Bonchev–Trinajstić information content (AvgIpc) is 2.61. The first-order valence-electron chi connectivity index (χ1n) is 7.39. The summed E-state index contributed by atoms with van der Waals surface area (Å²) < 4.78 is 10.6. The second-order valence-electron chi connectivity index (χ2n) is 5.42. The molecule has 2 aromatic carbocycles. The molecule has 0 radical (unpaired) electrons. The van der Waals surface area contributed by atoms with Crippen LogP contribution in [0, 0.1) is 0 Å². The monoisotopic (exact) mass is 319 g/mol. The maximum atomic E-state index is 13.0. The van der Waals surface area contributed by atoms with Gasteiger partial charge in [0.05, 0.1) is 23.8 Å². The van der Waals surface area contributed by atoms with Crippen LogP contribution in [0.1, 0.15) is 0 Å². The van der Waals surface area contributed by atoms with Crippen LogP contribution in [0.2, 0.25) is 0 Å². The Labute approximate surface area is 136 Å². The number of ether oxygens (including phenoxy) is 1. The summed E-state index contributed by atoms with van der Waals surface area (Å²) in [6.45, 7) is 0. The minimum absolute atomic E-state index is 0.186. The Morgan fingerprint density at radius 3 is 2.71 bits per heavy atom. The van der Waals surface area contributed by atoms with Crippen LogP contribution >= 0.6 is 0 Å². The number of benzene rings is 2. The third-order valence-electron chi connectivity index (χ3n) is 4.05. The Kier molecular flexibility index (Phi) is 3.20. The van der Waals surface area contributed by atoms with Crippen LogP contribution in [0.5, 0.6) is 5.75 Å². The number of H-pyrrole nitrogens is 1. The number of aromatic nitrogens is 1. The molecular formula is C19H13NO4. The summed E-state index contributed by atoms with van der Waals surface area (Å²) >= 11 is 0. The smallest absolute Gasteiger partial charge is 0.223 e. The van der Waals surface area contributed by atoms with Gasteiger partial charge in [-0.3, -0.25) is 9.59 Å². The molecule has 5 nitrogen and oxygen atoms in total. The van der Waals surface area contributed by atoms with Crippen LogP contribution in [-0.2, 0) is 0 Å². The van der Waals surface area contributed by atoms with Crippen molar-refractivity contribution in [2.45, 2.75) is 0 Å². The van der Waals surface area contributed by atoms with E-state index < -0.39 is 0 Å². The van der Waals surface area contributed by atoms with Crippen molar-refractivity contribution in [3.8, 4) is 17.0 Å². The van der Waals surface area contributed by atoms with Gasteiger partial charge in [0.15, 0.2) is 5.75 Å². The Hall–Kier alpha value is -3.34. The molecular weight excluding hydrogens is 306 g/mol. The Bertz CT molecular complexity index is 1190. The van der Waals surface area contributed by atoms with Crippen molar-refractivity contribution in [3.05, 3.63) is 75.4 Å². The van der Waals surface area contributed by atoms with E-state index in [1.54, 1.807) is 6.07 Å². The first-order chi connectivity index (χ1) is 11.7. The molecule has 24 heavy (non-hydrogen) atoms. The molecule has 0 bridgehead atoms. The summed E-state index contributed by atoms with van der Waals surface area (Å²) in [6, 6.07) is 12.6. The summed E-state index contributed by atoms with van der Waals surface area (Å²) in [5, 5.41) is 2.28. The van der Waals surface area contributed by atoms with Crippen molar-refractivity contribution < 1.29 is 9.15 Å². The number of hydrogen-bond acceptors (Lipinski definition) is 4. The van der Waals surface area contributed by atoms with E-state index in [4.69, 9.17) is 9.15 Å². The number of hydrogen-bond donors (Lipinski definition) is 1. The average molecular weight is 319 g/mol. The molecule has 0 aliphatic heterocycles. The Morgan fingerprint density at radius 2 is 1.92 bits per heavy atom. The largest absolute Gasteiger partial charge is 0.491 e. The van der Waals surface area contributed by atoms with Gasteiger partial charge >= 0.3 is 0 Å². The van der Waals surface area contributed by atoms with E-state index in [-0.39, 0.29) is 16.6 Å². The second kappa shape index (κ2) is 5.38. The molecule has 0 saturated carbocycles. The molecule has 0 fully saturated rings. The standard InChI is InChI=1S/C19H13NO4/c1-23-17-9-20-14(8-15(17)21)13-10-24-16-7-6-11-4-2-3-5-12(11)18(16)19(13)22/h2-10H,1H3,(H,20,21). The molecule has 2 heterocycles. The lowest BCUT2D eigenvalue weighted by atomic mass is 10.0. The molecule has 118 valence electrons. The van der Waals surface area contributed by atoms with Gasteiger partial charge in [-0.2, -0.15) is 0 Å². The number of nitrogens with one attached hydrogen (secondary N) is 1. The van der Waals surface area contributed by atoms with Crippen molar-refractivity contribution in [1.29, 1.82) is 0 Å². The summed E-state index contributed by atoms with van der Waals surface area (Å²) in [6.07, 6.45) is 2.81. The normalized spacial score (nSPS) is 11.0. The zero-order valence-corrected chi connectivity index (χ0v) is 12.8. The van der Waals surface area contributed by atoms with Crippen LogP contribution in [0.4, 0.5) is 0 Å². The number of methoxy groups -OCH3 is 1. The molecule has 0 saturated heterocycles. The highest BCUT2D eigenvalue weighted by Gasteiger charge is 2.13. The van der Waals surface area contributed by atoms with E-state index in [1.807, 2.05) is 30.3 Å². The molecule has 0 amide bonds. The van der Waals surface area contributed by atoms with Crippen molar-refractivity contribution >= 4 is 21.7 Å². The van der Waals surface area contributed by atoms with E-state index in [9.17, 15) is 9.59 Å². The lowest BCUT2D eigenvalue weighted by Crippen LogP contribution is -2.10. The lowest BCUT2D eigenvalue weighted by molar-refractivity contribution is 0.409. The van der Waals surface area contributed by atoms with Gasteiger partial charge in [0.1, 0.15) is 11.8 Å². The lowest BCUT2D eigenvalue weighted by Gasteiger charge is -2.06. The van der Waals surface area contributed by atoms with Gasteiger partial charge in [0.25, 0.3) is 0 Å². The van der Waals surface area contributed by atoms with E-state index >= 15 is 0 Å². The van der Waals surface area contributed by atoms with E-state index in [2.05, 4.69) is 4.98 Å². The predicted octanol–water partition coefficient (Wildman–Crippen LogP) is 3.31. The molecule has 0 aliphatic rings. The van der Waals surface area contributed by atoms with Crippen LogP contribution in [0.3, 0.4) is 0 Å². The van der Waals surface area contributed by atoms with E-state index in [0.717, 1.165) is 10.8 Å². The minimum atomic E-state index is -0.302. The van der Waals surface area contributed by atoms with Gasteiger partial charge in [0, 0.05) is 12.3 Å². The molecule has 5 heteroatoms. The molecule has 0 aliphatic carbocycles. The maximum Gasteiger partial charge on any atom is 0.223 e. The summed E-state index contributed by atoms with van der Waals surface area (Å²) in [4.78, 5) is 27.9. The van der Waals surface area contributed by atoms with E-state index in [1.165, 1.54) is 25.6 Å². The van der Waals surface area contributed by atoms with Crippen molar-refractivity contribution in [3.63, 3.8) is 0 Å². The fraction of sp³-hybridized carbons (Fsp3) is 0.0526. The van der Waals surface area contributed by atoms with Gasteiger partial charge in [-0.15, -0.1) is 0 Å². The highest BCUT2D eigenvalue weighted by Crippen LogP contribution is 2.25. The molecule has 0 spiro atoms. The SMILES string of the molecule is COc1c[nH]c(-c2coc3ccc4ccccc4c3c2=O)cc1=O. The van der Waals surface area contributed by atoms with Crippen LogP contribution < -0.4 is 15.6 Å². The van der Waals surface area contributed by atoms with Crippen molar-refractivity contribution in [1.82, 2.24) is 4.98 Å². The number of aromatic amines is 1. The van der Waals surface area contributed by atoms with Gasteiger partial charge < -0.3 is 14.1 Å². The zero-order chi connectivity index (χ0) is 16.7. The number of rotatable bonds is 2.